The molecule has 96 valence electrons. The van der Waals surface area contributed by atoms with E-state index in [9.17, 15) is 4.79 Å². The molecule has 5 heteroatoms. The Balaban J connectivity index is 2.20. The van der Waals surface area contributed by atoms with E-state index in [0.29, 0.717) is 16.6 Å². The van der Waals surface area contributed by atoms with Gasteiger partial charge in [-0.1, -0.05) is 17.7 Å². The lowest BCUT2D eigenvalue weighted by molar-refractivity contribution is 0.0949. The first-order valence-electron chi connectivity index (χ1n) is 6.06. The highest BCUT2D eigenvalue weighted by atomic mass is 16.2. The molecule has 20 heavy (non-hydrogen) atoms. The number of nitriles is 1. The number of hydrogen-bond donors (Lipinski definition) is 0. The van der Waals surface area contributed by atoms with Crippen molar-refractivity contribution in [3.8, 4) is 6.07 Å². The Bertz CT molecular complexity index is 858. The maximum atomic E-state index is 12.5. The van der Waals surface area contributed by atoms with Crippen LogP contribution in [0.25, 0.3) is 11.0 Å². The molecule has 0 aliphatic carbocycles. The third kappa shape index (κ3) is 1.84. The van der Waals surface area contributed by atoms with Crippen LogP contribution < -0.4 is 0 Å². The number of pyridine rings is 1. The first-order valence-corrected chi connectivity index (χ1v) is 6.06. The molecule has 0 spiro atoms. The summed E-state index contributed by atoms with van der Waals surface area (Å²) in [6.45, 7) is 1.91. The van der Waals surface area contributed by atoms with Gasteiger partial charge in [0, 0.05) is 11.8 Å². The fourth-order valence-electron chi connectivity index (χ4n) is 2.08. The van der Waals surface area contributed by atoms with E-state index in [0.717, 1.165) is 5.56 Å². The highest BCUT2D eigenvalue weighted by molar-refractivity contribution is 6.01. The second-order valence-corrected chi connectivity index (χ2v) is 4.42. The quantitative estimate of drug-likeness (QED) is 0.674. The lowest BCUT2D eigenvalue weighted by Gasteiger charge is -2.02. The number of rotatable bonds is 1. The molecule has 0 saturated carbocycles. The molecule has 0 bridgehead atoms. The number of nitrogens with zero attached hydrogens (tertiary/aromatic N) is 4. The fraction of sp³-hybridized carbons (Fsp3) is 0.0667. The van der Waals surface area contributed by atoms with Crippen LogP contribution in [-0.4, -0.2) is 20.7 Å². The van der Waals surface area contributed by atoms with E-state index in [1.54, 1.807) is 30.5 Å². The van der Waals surface area contributed by atoms with Gasteiger partial charge in [-0.25, -0.2) is 4.98 Å². The lowest BCUT2D eigenvalue weighted by Crippen LogP contribution is -2.14. The molecule has 0 amide bonds. The van der Waals surface area contributed by atoms with Crippen molar-refractivity contribution in [1.29, 1.82) is 5.26 Å². The Morgan fingerprint density at radius 2 is 2.15 bits per heavy atom. The molecule has 0 aliphatic rings. The van der Waals surface area contributed by atoms with Crippen LogP contribution in [0.4, 0.5) is 0 Å². The summed E-state index contributed by atoms with van der Waals surface area (Å²) in [6.07, 6.45) is 1.57. The Morgan fingerprint density at radius 1 is 1.30 bits per heavy atom. The van der Waals surface area contributed by atoms with E-state index in [-0.39, 0.29) is 11.6 Å². The van der Waals surface area contributed by atoms with Gasteiger partial charge in [0.25, 0.3) is 5.91 Å². The minimum Gasteiger partial charge on any atom is -0.267 e. The van der Waals surface area contributed by atoms with Gasteiger partial charge in [-0.2, -0.15) is 15.0 Å². The highest BCUT2D eigenvalue weighted by Gasteiger charge is 2.17. The van der Waals surface area contributed by atoms with Gasteiger partial charge in [-0.3, -0.25) is 4.79 Å². The van der Waals surface area contributed by atoms with Crippen molar-refractivity contribution >= 4 is 16.9 Å². The van der Waals surface area contributed by atoms with Crippen molar-refractivity contribution in [2.75, 3.05) is 0 Å². The number of aryl methyl sites for hydroxylation is 1. The molecule has 0 saturated heterocycles. The molecule has 0 radical (unpaired) electrons. The summed E-state index contributed by atoms with van der Waals surface area (Å²) in [4.78, 5) is 16.6. The molecule has 3 rings (SSSR count). The number of fused-ring (bicyclic) bond motifs is 1. The summed E-state index contributed by atoms with van der Waals surface area (Å²) < 4.78 is 1.18. The molecule has 0 N–H and O–H groups in total. The van der Waals surface area contributed by atoms with E-state index in [4.69, 9.17) is 5.26 Å². The Morgan fingerprint density at radius 3 is 2.90 bits per heavy atom. The molecule has 2 aromatic heterocycles. The molecular weight excluding hydrogens is 252 g/mol. The maximum absolute atomic E-state index is 12.5. The molecule has 0 unspecified atom stereocenters. The van der Waals surface area contributed by atoms with Gasteiger partial charge in [0.1, 0.15) is 6.07 Å². The molecular formula is C15H10N4O. The van der Waals surface area contributed by atoms with Crippen LogP contribution in [0.15, 0.2) is 42.6 Å². The van der Waals surface area contributed by atoms with Crippen molar-refractivity contribution in [2.24, 2.45) is 0 Å². The van der Waals surface area contributed by atoms with Crippen molar-refractivity contribution in [3.05, 3.63) is 59.4 Å². The van der Waals surface area contributed by atoms with E-state index in [1.165, 1.54) is 4.68 Å². The number of carbonyl (C=O) groups excluding carboxylic acids is 1. The summed E-state index contributed by atoms with van der Waals surface area (Å²) in [5.74, 6) is -0.293. The van der Waals surface area contributed by atoms with Gasteiger partial charge in [-0.05, 0) is 31.2 Å². The van der Waals surface area contributed by atoms with Crippen molar-refractivity contribution in [2.45, 2.75) is 6.92 Å². The zero-order valence-electron chi connectivity index (χ0n) is 10.7. The topological polar surface area (TPSA) is 71.6 Å². The van der Waals surface area contributed by atoms with Crippen LogP contribution in [0, 0.1) is 18.3 Å². The zero-order chi connectivity index (χ0) is 14.1. The lowest BCUT2D eigenvalue weighted by atomic mass is 10.1. The monoisotopic (exact) mass is 262 g/mol. The Labute approximate surface area is 115 Å². The van der Waals surface area contributed by atoms with Crippen LogP contribution in [0.5, 0.6) is 0 Å². The number of carbonyl (C=O) groups is 1. The van der Waals surface area contributed by atoms with Gasteiger partial charge in [0.05, 0.1) is 5.39 Å². The zero-order valence-corrected chi connectivity index (χ0v) is 10.7. The third-order valence-corrected chi connectivity index (χ3v) is 3.01. The predicted molar refractivity (Wildman–Crippen MR) is 73.2 cm³/mol. The normalized spacial score (nSPS) is 10.4. The van der Waals surface area contributed by atoms with Crippen molar-refractivity contribution in [1.82, 2.24) is 14.8 Å². The average molecular weight is 262 g/mol. The van der Waals surface area contributed by atoms with Crippen molar-refractivity contribution in [3.63, 3.8) is 0 Å². The number of aromatic nitrogens is 3. The minimum absolute atomic E-state index is 0.203. The smallest absolute Gasteiger partial charge is 0.267 e. The van der Waals surface area contributed by atoms with Gasteiger partial charge in [0.15, 0.2) is 11.3 Å². The van der Waals surface area contributed by atoms with E-state index >= 15 is 0 Å². The van der Waals surface area contributed by atoms with Crippen LogP contribution in [-0.2, 0) is 0 Å². The van der Waals surface area contributed by atoms with E-state index in [2.05, 4.69) is 10.1 Å². The first kappa shape index (κ1) is 12.1. The number of hydrogen-bond acceptors (Lipinski definition) is 4. The third-order valence-electron chi connectivity index (χ3n) is 3.01. The molecule has 2 heterocycles. The SMILES string of the molecule is Cc1cccc(C(=O)n2nc(C#N)c3cccnc32)c1. The molecule has 0 atom stereocenters. The molecule has 1 aromatic carbocycles. The summed E-state index contributed by atoms with van der Waals surface area (Å²) in [5, 5.41) is 13.7. The maximum Gasteiger partial charge on any atom is 0.280 e. The second kappa shape index (κ2) is 4.59. The van der Waals surface area contributed by atoms with Gasteiger partial charge in [0.2, 0.25) is 0 Å². The van der Waals surface area contributed by atoms with Gasteiger partial charge in [-0.15, -0.1) is 0 Å². The molecule has 3 aromatic rings. The standard InChI is InChI=1S/C15H10N4O/c1-10-4-2-5-11(8-10)15(20)19-14-12(6-3-7-17-14)13(9-16)18-19/h2-8H,1H3. The average Bonchev–Trinajstić information content (AvgIpc) is 2.85. The van der Waals surface area contributed by atoms with Crippen LogP contribution in [0.2, 0.25) is 0 Å². The summed E-state index contributed by atoms with van der Waals surface area (Å²) in [5.41, 5.74) is 2.11. The summed E-state index contributed by atoms with van der Waals surface area (Å²) in [6, 6.07) is 12.7. The first-order chi connectivity index (χ1) is 9.70. The minimum atomic E-state index is -0.293. The number of benzene rings is 1. The van der Waals surface area contributed by atoms with E-state index in [1.807, 2.05) is 25.1 Å². The summed E-state index contributed by atoms with van der Waals surface area (Å²) in [7, 11) is 0. The highest BCUT2D eigenvalue weighted by Crippen LogP contribution is 2.17. The second-order valence-electron chi connectivity index (χ2n) is 4.42. The Hall–Kier alpha value is -3.00. The van der Waals surface area contributed by atoms with E-state index < -0.39 is 0 Å². The largest absolute Gasteiger partial charge is 0.280 e. The van der Waals surface area contributed by atoms with Crippen molar-refractivity contribution < 1.29 is 4.79 Å². The molecule has 5 nitrogen and oxygen atoms in total. The Kier molecular flexibility index (Phi) is 2.77. The summed E-state index contributed by atoms with van der Waals surface area (Å²) >= 11 is 0. The molecule has 0 fully saturated rings. The fourth-order valence-corrected chi connectivity index (χ4v) is 2.08. The van der Waals surface area contributed by atoms with Crippen LogP contribution in [0.3, 0.4) is 0 Å². The van der Waals surface area contributed by atoms with Gasteiger partial charge >= 0.3 is 0 Å². The van der Waals surface area contributed by atoms with Crippen LogP contribution >= 0.6 is 0 Å². The van der Waals surface area contributed by atoms with Crippen LogP contribution in [0.1, 0.15) is 21.6 Å². The molecule has 0 aliphatic heterocycles. The predicted octanol–water partition coefficient (Wildman–Crippen LogP) is 2.30. The van der Waals surface area contributed by atoms with Gasteiger partial charge < -0.3 is 0 Å².